The highest BCUT2D eigenvalue weighted by Gasteiger charge is 2.73. The molecular weight excluding hydrogens is 196 g/mol. The lowest BCUT2D eigenvalue weighted by molar-refractivity contribution is -0.145. The number of esters is 2. The van der Waals surface area contributed by atoms with E-state index in [0.29, 0.717) is 19.1 Å². The summed E-state index contributed by atoms with van der Waals surface area (Å²) in [5.74, 6) is 0.127. The smallest absolute Gasteiger partial charge is 0.309 e. The summed E-state index contributed by atoms with van der Waals surface area (Å²) in [6.45, 7) is 4.13. The van der Waals surface area contributed by atoms with Gasteiger partial charge in [0.05, 0.1) is 19.1 Å². The molecule has 0 aromatic rings. The van der Waals surface area contributed by atoms with Gasteiger partial charge in [-0.25, -0.2) is 0 Å². The summed E-state index contributed by atoms with van der Waals surface area (Å²) in [6, 6.07) is 0. The molecule has 3 atom stereocenters. The van der Waals surface area contributed by atoms with Crippen molar-refractivity contribution in [3.63, 3.8) is 0 Å². The van der Waals surface area contributed by atoms with Gasteiger partial charge in [-0.3, -0.25) is 9.59 Å². The highest BCUT2D eigenvalue weighted by molar-refractivity contribution is 5.78. The first-order chi connectivity index (χ1) is 7.10. The van der Waals surface area contributed by atoms with Crippen molar-refractivity contribution in [3.8, 4) is 0 Å². The molecule has 0 heterocycles. The maximum Gasteiger partial charge on any atom is 0.309 e. The summed E-state index contributed by atoms with van der Waals surface area (Å²) >= 11 is 0. The summed E-state index contributed by atoms with van der Waals surface area (Å²) in [5.41, 5.74) is 0.141. The van der Waals surface area contributed by atoms with Crippen molar-refractivity contribution in [1.82, 2.24) is 0 Å². The Morgan fingerprint density at radius 1 is 1.33 bits per heavy atom. The van der Waals surface area contributed by atoms with E-state index in [2.05, 4.69) is 0 Å². The summed E-state index contributed by atoms with van der Waals surface area (Å²) in [4.78, 5) is 22.0. The molecule has 0 saturated heterocycles. The van der Waals surface area contributed by atoms with Crippen LogP contribution < -0.4 is 0 Å². The van der Waals surface area contributed by atoms with Gasteiger partial charge in [-0.15, -0.1) is 0 Å². The minimum Gasteiger partial charge on any atom is -0.466 e. The van der Waals surface area contributed by atoms with Gasteiger partial charge in [-0.1, -0.05) is 0 Å². The zero-order chi connectivity index (χ0) is 11.1. The van der Waals surface area contributed by atoms with Crippen molar-refractivity contribution in [3.05, 3.63) is 0 Å². The summed E-state index contributed by atoms with van der Waals surface area (Å²) in [6.07, 6.45) is 1.92. The maximum atomic E-state index is 11.4. The summed E-state index contributed by atoms with van der Waals surface area (Å²) < 4.78 is 9.91. The zero-order valence-electron chi connectivity index (χ0n) is 9.12. The molecule has 2 saturated carbocycles. The second-order valence-corrected chi connectivity index (χ2v) is 4.45. The maximum absolute atomic E-state index is 11.4. The topological polar surface area (TPSA) is 52.6 Å². The second kappa shape index (κ2) is 3.51. The minimum absolute atomic E-state index is 0.0676. The van der Waals surface area contributed by atoms with Crippen LogP contribution in [0.2, 0.25) is 0 Å². The molecule has 2 rings (SSSR count). The lowest BCUT2D eigenvalue weighted by Crippen LogP contribution is -2.09. The number of rotatable bonds is 4. The molecule has 15 heavy (non-hydrogen) atoms. The van der Waals surface area contributed by atoms with E-state index >= 15 is 0 Å². The van der Waals surface area contributed by atoms with E-state index in [0.717, 1.165) is 12.8 Å². The average Bonchev–Trinajstić information content (AvgIpc) is 3.04. The quantitative estimate of drug-likeness (QED) is 0.656. The molecule has 0 radical (unpaired) electrons. The third-order valence-electron chi connectivity index (χ3n) is 3.46. The van der Waals surface area contributed by atoms with E-state index in [1.54, 1.807) is 0 Å². The van der Waals surface area contributed by atoms with Crippen molar-refractivity contribution in [2.75, 3.05) is 13.2 Å². The van der Waals surface area contributed by atoms with Gasteiger partial charge in [0.15, 0.2) is 0 Å². The summed E-state index contributed by atoms with van der Waals surface area (Å²) in [7, 11) is 0. The molecule has 4 heteroatoms. The van der Waals surface area contributed by atoms with Crippen LogP contribution in [0.3, 0.4) is 0 Å². The number of carbonyl (C=O) groups is 2. The summed E-state index contributed by atoms with van der Waals surface area (Å²) in [5, 5.41) is 0. The highest BCUT2D eigenvalue weighted by atomic mass is 16.5. The normalized spacial score (nSPS) is 36.1. The fourth-order valence-electron chi connectivity index (χ4n) is 2.40. The third-order valence-corrected chi connectivity index (χ3v) is 3.46. The SMILES string of the molecule is CCOC(=O)[C@H]1C[C@@]12C[C@@H]2COC(C)=O. The first kappa shape index (κ1) is 10.5. The van der Waals surface area contributed by atoms with Gasteiger partial charge >= 0.3 is 11.9 Å². The van der Waals surface area contributed by atoms with Crippen LogP contribution in [0.1, 0.15) is 26.7 Å². The van der Waals surface area contributed by atoms with Crippen LogP contribution >= 0.6 is 0 Å². The Morgan fingerprint density at radius 2 is 2.07 bits per heavy atom. The Balaban J connectivity index is 1.75. The van der Waals surface area contributed by atoms with Crippen LogP contribution in [0.4, 0.5) is 0 Å². The second-order valence-electron chi connectivity index (χ2n) is 4.45. The fraction of sp³-hybridized carbons (Fsp3) is 0.818. The van der Waals surface area contributed by atoms with Crippen molar-refractivity contribution in [2.45, 2.75) is 26.7 Å². The monoisotopic (exact) mass is 212 g/mol. The number of hydrogen-bond acceptors (Lipinski definition) is 4. The van der Waals surface area contributed by atoms with E-state index in [4.69, 9.17) is 9.47 Å². The van der Waals surface area contributed by atoms with E-state index in [1.807, 2.05) is 6.92 Å². The molecule has 0 bridgehead atoms. The molecule has 0 aromatic carbocycles. The van der Waals surface area contributed by atoms with Crippen molar-refractivity contribution >= 4 is 11.9 Å². The van der Waals surface area contributed by atoms with Gasteiger partial charge in [0, 0.05) is 12.8 Å². The van der Waals surface area contributed by atoms with Gasteiger partial charge < -0.3 is 9.47 Å². The Labute approximate surface area is 88.9 Å². The third kappa shape index (κ3) is 1.85. The Hall–Kier alpha value is -1.06. The van der Waals surface area contributed by atoms with Crippen molar-refractivity contribution in [2.24, 2.45) is 17.3 Å². The molecule has 2 aliphatic carbocycles. The molecule has 0 aliphatic heterocycles. The molecule has 2 fully saturated rings. The molecule has 1 spiro atoms. The lowest BCUT2D eigenvalue weighted by Gasteiger charge is -2.01. The van der Waals surface area contributed by atoms with Gasteiger partial charge in [0.1, 0.15) is 0 Å². The lowest BCUT2D eigenvalue weighted by atomic mass is 10.2. The average molecular weight is 212 g/mol. The molecular formula is C11H16O4. The Kier molecular flexibility index (Phi) is 2.44. The number of ether oxygens (including phenoxy) is 2. The first-order valence-electron chi connectivity index (χ1n) is 5.40. The molecule has 0 amide bonds. The molecule has 0 aromatic heterocycles. The minimum atomic E-state index is -0.245. The van der Waals surface area contributed by atoms with Crippen LogP contribution in [0.25, 0.3) is 0 Å². The first-order valence-corrected chi connectivity index (χ1v) is 5.40. The molecule has 2 aliphatic rings. The van der Waals surface area contributed by atoms with Crippen molar-refractivity contribution < 1.29 is 19.1 Å². The van der Waals surface area contributed by atoms with Gasteiger partial charge in [-0.05, 0) is 25.2 Å². The molecule has 0 unspecified atom stereocenters. The zero-order valence-corrected chi connectivity index (χ0v) is 9.12. The number of carbonyl (C=O) groups excluding carboxylic acids is 2. The molecule has 84 valence electrons. The highest BCUT2D eigenvalue weighted by Crippen LogP contribution is 2.74. The van der Waals surface area contributed by atoms with E-state index < -0.39 is 0 Å². The van der Waals surface area contributed by atoms with Crippen LogP contribution in [0.15, 0.2) is 0 Å². The van der Waals surface area contributed by atoms with Crippen LogP contribution in [0, 0.1) is 17.3 Å². The predicted molar refractivity (Wildman–Crippen MR) is 51.9 cm³/mol. The Bertz CT molecular complexity index is 299. The standard InChI is InChI=1S/C11H16O4/c1-3-14-10(13)9-5-11(9)4-8(11)6-15-7(2)12/h8-9H,3-6H2,1-2H3/t8-,9-,11-/m1/s1. The number of hydrogen-bond donors (Lipinski definition) is 0. The van der Waals surface area contributed by atoms with Gasteiger partial charge in [0.25, 0.3) is 0 Å². The van der Waals surface area contributed by atoms with E-state index in [1.165, 1.54) is 6.92 Å². The Morgan fingerprint density at radius 3 is 2.67 bits per heavy atom. The van der Waals surface area contributed by atoms with E-state index in [-0.39, 0.29) is 23.3 Å². The van der Waals surface area contributed by atoms with Crippen LogP contribution in [-0.2, 0) is 19.1 Å². The van der Waals surface area contributed by atoms with E-state index in [9.17, 15) is 9.59 Å². The fourth-order valence-corrected chi connectivity index (χ4v) is 2.40. The largest absolute Gasteiger partial charge is 0.466 e. The van der Waals surface area contributed by atoms with Crippen molar-refractivity contribution in [1.29, 1.82) is 0 Å². The predicted octanol–water partition coefficient (Wildman–Crippen LogP) is 1.14. The van der Waals surface area contributed by atoms with Crippen LogP contribution in [-0.4, -0.2) is 25.2 Å². The van der Waals surface area contributed by atoms with Crippen LogP contribution in [0.5, 0.6) is 0 Å². The van der Waals surface area contributed by atoms with Gasteiger partial charge in [0.2, 0.25) is 0 Å². The van der Waals surface area contributed by atoms with Gasteiger partial charge in [-0.2, -0.15) is 0 Å². The molecule has 4 nitrogen and oxygen atoms in total. The molecule has 0 N–H and O–H groups in total.